The summed E-state index contributed by atoms with van der Waals surface area (Å²) in [6, 6.07) is -0.674. The van der Waals surface area contributed by atoms with Gasteiger partial charge in [-0.15, -0.1) is 0 Å². The number of nitrogens with zero attached hydrogens (tertiary/aromatic N) is 1. The molecule has 0 amide bonds. The minimum Gasteiger partial charge on any atom is -0.481 e. The van der Waals surface area contributed by atoms with Gasteiger partial charge in [0.1, 0.15) is 17.7 Å². The molecule has 196 valence electrons. The normalized spacial score (nSPS) is 28.3. The zero-order valence-corrected chi connectivity index (χ0v) is 21.9. The number of carboxylic acids is 1. The van der Waals surface area contributed by atoms with Crippen LogP contribution in [0.1, 0.15) is 93.9 Å². The molecule has 2 fully saturated rings. The summed E-state index contributed by atoms with van der Waals surface area (Å²) in [6.45, 7) is 13.5. The summed E-state index contributed by atoms with van der Waals surface area (Å²) in [6.07, 6.45) is 2.21. The van der Waals surface area contributed by atoms with Crippen molar-refractivity contribution >= 4 is 17.9 Å². The Morgan fingerprint density at radius 2 is 1.44 bits per heavy atom. The van der Waals surface area contributed by atoms with E-state index in [0.717, 1.165) is 19.3 Å². The first-order valence-corrected chi connectivity index (χ1v) is 12.2. The van der Waals surface area contributed by atoms with Crippen molar-refractivity contribution in [3.63, 3.8) is 0 Å². The van der Waals surface area contributed by atoms with Crippen LogP contribution in [-0.4, -0.2) is 56.4 Å². The van der Waals surface area contributed by atoms with Crippen LogP contribution in [0, 0.1) is 28.1 Å². The minimum atomic E-state index is -1.27. The first kappa shape index (κ1) is 28.5. The molecule has 6 atom stereocenters. The number of esters is 2. The van der Waals surface area contributed by atoms with Gasteiger partial charge in [-0.05, 0) is 98.8 Å². The Morgan fingerprint density at radius 3 is 1.91 bits per heavy atom. The molecule has 0 saturated heterocycles. The van der Waals surface area contributed by atoms with E-state index < -0.39 is 51.9 Å². The maximum atomic E-state index is 13.5. The van der Waals surface area contributed by atoms with Gasteiger partial charge in [-0.3, -0.25) is 24.8 Å². The third kappa shape index (κ3) is 6.10. The lowest BCUT2D eigenvalue weighted by Gasteiger charge is -2.41. The number of ether oxygens (including phenoxy) is 2. The number of aliphatic carboxylic acids is 1. The van der Waals surface area contributed by atoms with Crippen LogP contribution in [-0.2, 0) is 23.9 Å². The fraction of sp³-hybridized carbons (Fsp3) is 0.880. The molecule has 9 nitrogen and oxygen atoms in total. The van der Waals surface area contributed by atoms with Crippen LogP contribution in [0.25, 0.3) is 0 Å². The molecule has 0 aromatic rings. The Balaban J connectivity index is 2.33. The van der Waals surface area contributed by atoms with Crippen LogP contribution < -0.4 is 0 Å². The Kier molecular flexibility index (Phi) is 8.17. The fourth-order valence-electron chi connectivity index (χ4n) is 5.82. The lowest BCUT2D eigenvalue weighted by atomic mass is 9.65. The van der Waals surface area contributed by atoms with Gasteiger partial charge in [-0.2, -0.15) is 0 Å². The molecule has 0 aromatic heterocycles. The summed E-state index contributed by atoms with van der Waals surface area (Å²) in [5, 5.41) is 29.4. The van der Waals surface area contributed by atoms with E-state index in [2.05, 4.69) is 0 Å². The molecule has 34 heavy (non-hydrogen) atoms. The molecule has 2 rings (SSSR count). The summed E-state index contributed by atoms with van der Waals surface area (Å²) in [5.41, 5.74) is -4.39. The van der Waals surface area contributed by atoms with E-state index in [9.17, 15) is 29.9 Å². The Hall–Kier alpha value is -1.71. The van der Waals surface area contributed by atoms with Crippen LogP contribution in [0.4, 0.5) is 0 Å². The molecule has 2 aliphatic carbocycles. The van der Waals surface area contributed by atoms with Crippen molar-refractivity contribution in [1.82, 2.24) is 5.23 Å². The van der Waals surface area contributed by atoms with E-state index in [1.165, 1.54) is 0 Å². The van der Waals surface area contributed by atoms with Crippen LogP contribution in [0.3, 0.4) is 0 Å². The van der Waals surface area contributed by atoms with Gasteiger partial charge >= 0.3 is 17.9 Å². The second kappa shape index (κ2) is 9.74. The van der Waals surface area contributed by atoms with E-state index in [0.29, 0.717) is 6.42 Å². The van der Waals surface area contributed by atoms with Gasteiger partial charge in [0, 0.05) is 0 Å². The Labute approximate surface area is 202 Å². The molecular weight excluding hydrogens is 442 g/mol. The molecule has 2 aliphatic rings. The molecule has 0 radical (unpaired) electrons. The summed E-state index contributed by atoms with van der Waals surface area (Å²) in [7, 11) is 0. The van der Waals surface area contributed by atoms with Gasteiger partial charge in [0.2, 0.25) is 0 Å². The molecule has 0 heterocycles. The highest BCUT2D eigenvalue weighted by atomic mass is 16.8. The van der Waals surface area contributed by atoms with Crippen molar-refractivity contribution < 1.29 is 39.4 Å². The zero-order valence-electron chi connectivity index (χ0n) is 21.9. The van der Waals surface area contributed by atoms with Crippen molar-refractivity contribution in [3.8, 4) is 0 Å². The Morgan fingerprint density at radius 1 is 0.882 bits per heavy atom. The monoisotopic (exact) mass is 485 g/mol. The highest BCUT2D eigenvalue weighted by Gasteiger charge is 2.55. The summed E-state index contributed by atoms with van der Waals surface area (Å²) in [5.74, 6) is -2.02. The predicted octanol–water partition coefficient (Wildman–Crippen LogP) is 4.43. The first-order valence-electron chi connectivity index (χ1n) is 12.2. The SMILES string of the molecule is CCC(C)(CC(C)(CC(C)(C)C(=O)O)C(=O)OC(C)(C)C)C(=O)OC1C2CCC(C2)C1N(O)O. The average Bonchev–Trinajstić information content (AvgIpc) is 3.27. The number of carbonyl (C=O) groups is 3. The maximum absolute atomic E-state index is 13.5. The number of carboxylic acid groups (broad SMARTS) is 1. The van der Waals surface area contributed by atoms with Gasteiger partial charge in [0.15, 0.2) is 0 Å². The van der Waals surface area contributed by atoms with Gasteiger partial charge in [-0.1, -0.05) is 12.2 Å². The van der Waals surface area contributed by atoms with E-state index in [1.54, 1.807) is 48.5 Å². The molecule has 0 aromatic carbocycles. The first-order chi connectivity index (χ1) is 15.3. The van der Waals surface area contributed by atoms with Crippen LogP contribution in [0.5, 0.6) is 0 Å². The number of hydrogen-bond acceptors (Lipinski definition) is 8. The standard InChI is InChI=1S/C25H43NO8/c1-9-24(7,20(29)33-18-16-11-10-15(12-16)17(18)26(31)32)14-25(8,13-23(5,6)19(27)28)21(30)34-22(2,3)4/h15-18,31-32H,9-14H2,1-8H3,(H,27,28). The number of fused-ring (bicyclic) bond motifs is 2. The highest BCUT2D eigenvalue weighted by Crippen LogP contribution is 2.50. The zero-order chi connectivity index (χ0) is 26.3. The number of hydroxylamine groups is 2. The summed E-state index contributed by atoms with van der Waals surface area (Å²) >= 11 is 0. The number of rotatable bonds is 10. The second-order valence-electron chi connectivity index (χ2n) is 12.5. The number of carbonyl (C=O) groups excluding carboxylic acids is 2. The molecule has 6 unspecified atom stereocenters. The van der Waals surface area contributed by atoms with Gasteiger partial charge < -0.3 is 14.6 Å². The molecule has 0 spiro atoms. The van der Waals surface area contributed by atoms with Crippen LogP contribution in [0.15, 0.2) is 0 Å². The van der Waals surface area contributed by atoms with Crippen molar-refractivity contribution in [2.75, 3.05) is 0 Å². The largest absolute Gasteiger partial charge is 0.481 e. The maximum Gasteiger partial charge on any atom is 0.312 e. The molecule has 0 aliphatic heterocycles. The lowest BCUT2D eigenvalue weighted by molar-refractivity contribution is -0.349. The molecule has 2 saturated carbocycles. The Bertz CT molecular complexity index is 788. The lowest BCUT2D eigenvalue weighted by Crippen LogP contribution is -2.49. The quantitative estimate of drug-likeness (QED) is 0.303. The molecular formula is C25H43NO8. The topological polar surface area (TPSA) is 134 Å². The second-order valence-corrected chi connectivity index (χ2v) is 12.5. The molecule has 9 heteroatoms. The van der Waals surface area contributed by atoms with Gasteiger partial charge in [-0.25, -0.2) is 0 Å². The van der Waals surface area contributed by atoms with Crippen LogP contribution in [0.2, 0.25) is 0 Å². The summed E-state index contributed by atoms with van der Waals surface area (Å²) < 4.78 is 11.6. The summed E-state index contributed by atoms with van der Waals surface area (Å²) in [4.78, 5) is 38.7. The van der Waals surface area contributed by atoms with E-state index in [1.807, 2.05) is 6.92 Å². The molecule has 3 N–H and O–H groups in total. The minimum absolute atomic E-state index is 0.0229. The fourth-order valence-corrected chi connectivity index (χ4v) is 5.82. The predicted molar refractivity (Wildman–Crippen MR) is 123 cm³/mol. The smallest absolute Gasteiger partial charge is 0.312 e. The molecule has 2 bridgehead atoms. The third-order valence-electron chi connectivity index (χ3n) is 7.66. The van der Waals surface area contributed by atoms with E-state index >= 15 is 0 Å². The van der Waals surface area contributed by atoms with Gasteiger partial charge in [0.25, 0.3) is 0 Å². The number of hydrogen-bond donors (Lipinski definition) is 3. The highest BCUT2D eigenvalue weighted by molar-refractivity contribution is 5.82. The van der Waals surface area contributed by atoms with Crippen molar-refractivity contribution in [1.29, 1.82) is 0 Å². The van der Waals surface area contributed by atoms with E-state index in [4.69, 9.17) is 9.47 Å². The van der Waals surface area contributed by atoms with Crippen molar-refractivity contribution in [2.45, 2.75) is 112 Å². The van der Waals surface area contributed by atoms with Crippen molar-refractivity contribution in [2.24, 2.45) is 28.1 Å². The van der Waals surface area contributed by atoms with E-state index in [-0.39, 0.29) is 29.9 Å². The average molecular weight is 486 g/mol. The third-order valence-corrected chi connectivity index (χ3v) is 7.66. The van der Waals surface area contributed by atoms with Crippen LogP contribution >= 0.6 is 0 Å². The van der Waals surface area contributed by atoms with Crippen molar-refractivity contribution in [3.05, 3.63) is 0 Å². The van der Waals surface area contributed by atoms with Gasteiger partial charge in [0.05, 0.1) is 16.2 Å².